The Balaban J connectivity index is 1.30. The first-order chi connectivity index (χ1) is 19.7. The van der Waals surface area contributed by atoms with Gasteiger partial charge in [0.2, 0.25) is 5.95 Å². The number of aliphatic hydroxyl groups is 3. The highest BCUT2D eigenvalue weighted by atomic mass is 31.2. The highest BCUT2D eigenvalue weighted by Gasteiger charge is 2.42. The maximum absolute atomic E-state index is 13.2. The molecule has 6 atom stereocenters. The summed E-state index contributed by atoms with van der Waals surface area (Å²) in [5.74, 6) is -0.158. The minimum atomic E-state index is -4.67. The first-order valence-corrected chi connectivity index (χ1v) is 14.3. The summed E-state index contributed by atoms with van der Waals surface area (Å²) in [5, 5.41) is 30.7. The van der Waals surface area contributed by atoms with E-state index in [1.807, 2.05) is 6.07 Å². The smallest absolute Gasteiger partial charge is 0.394 e. The third-order valence-corrected chi connectivity index (χ3v) is 7.78. The number of phosphoric ester groups is 1. The summed E-state index contributed by atoms with van der Waals surface area (Å²) in [7, 11) is -4.67. The minimum Gasteiger partial charge on any atom is -0.394 e. The summed E-state index contributed by atoms with van der Waals surface area (Å²) in [6, 6.07) is 17.3. The molecule has 5 rings (SSSR count). The number of aromatic nitrogens is 4. The van der Waals surface area contributed by atoms with Crippen molar-refractivity contribution in [3.63, 3.8) is 0 Å². The van der Waals surface area contributed by atoms with Crippen molar-refractivity contribution >= 4 is 24.9 Å². The Labute approximate surface area is 233 Å². The largest absolute Gasteiger partial charge is 0.472 e. The molecule has 1 saturated heterocycles. The molecule has 0 spiro atoms. The fraction of sp³-hybridized carbons (Fsp3) is 0.346. The lowest BCUT2D eigenvalue weighted by Crippen LogP contribution is -2.28. The first kappa shape index (κ1) is 29.0. The number of nitrogens with two attached hydrogens (primary N) is 1. The number of benzene rings is 2. The van der Waals surface area contributed by atoms with Crippen LogP contribution in [0.15, 0.2) is 71.8 Å². The number of nitrogens with zero attached hydrogens (tertiary/aromatic N) is 4. The summed E-state index contributed by atoms with van der Waals surface area (Å²) >= 11 is 0. The number of aliphatic hydroxyl groups excluding tert-OH is 3. The van der Waals surface area contributed by atoms with Crippen molar-refractivity contribution in [3.05, 3.63) is 88.5 Å². The molecule has 3 unspecified atom stereocenters. The molecule has 1 aliphatic rings. The van der Waals surface area contributed by atoms with Gasteiger partial charge in [0.1, 0.15) is 24.5 Å². The van der Waals surface area contributed by atoms with Gasteiger partial charge >= 0.3 is 7.82 Å². The average Bonchev–Trinajstić information content (AvgIpc) is 3.58. The van der Waals surface area contributed by atoms with Crippen LogP contribution < -0.4 is 11.3 Å². The van der Waals surface area contributed by atoms with Gasteiger partial charge in [0, 0.05) is 6.42 Å². The van der Waals surface area contributed by atoms with Crippen molar-refractivity contribution in [3.8, 4) is 0 Å². The van der Waals surface area contributed by atoms with Crippen LogP contribution in [0.3, 0.4) is 0 Å². The fourth-order valence-electron chi connectivity index (χ4n) is 4.64. The van der Waals surface area contributed by atoms with Crippen LogP contribution in [-0.4, -0.2) is 64.7 Å². The maximum Gasteiger partial charge on any atom is 0.472 e. The van der Waals surface area contributed by atoms with E-state index in [1.165, 1.54) is 10.9 Å². The van der Waals surface area contributed by atoms with Crippen LogP contribution in [0.1, 0.15) is 36.0 Å². The summed E-state index contributed by atoms with van der Waals surface area (Å²) < 4.78 is 31.3. The Morgan fingerprint density at radius 2 is 1.71 bits per heavy atom. The molecule has 2 aromatic carbocycles. The second kappa shape index (κ2) is 12.2. The molecule has 0 saturated carbocycles. The van der Waals surface area contributed by atoms with E-state index in [0.717, 1.165) is 4.57 Å². The molecule has 15 heteroatoms. The Kier molecular flexibility index (Phi) is 8.63. The van der Waals surface area contributed by atoms with Crippen molar-refractivity contribution < 1.29 is 38.6 Å². The van der Waals surface area contributed by atoms with Gasteiger partial charge in [0.15, 0.2) is 11.2 Å². The highest BCUT2D eigenvalue weighted by molar-refractivity contribution is 7.47. The number of phosphoric acid groups is 1. The molecular formula is C26H30N5O9P. The molecule has 4 aromatic rings. The predicted molar refractivity (Wildman–Crippen MR) is 145 cm³/mol. The zero-order valence-electron chi connectivity index (χ0n) is 21.7. The van der Waals surface area contributed by atoms with Crippen molar-refractivity contribution in [2.75, 3.05) is 18.9 Å². The van der Waals surface area contributed by atoms with E-state index in [0.29, 0.717) is 11.1 Å². The van der Waals surface area contributed by atoms with Crippen molar-refractivity contribution in [1.29, 1.82) is 0 Å². The van der Waals surface area contributed by atoms with E-state index in [2.05, 4.69) is 9.97 Å². The monoisotopic (exact) mass is 587 g/mol. The van der Waals surface area contributed by atoms with Crippen LogP contribution in [0.25, 0.3) is 11.2 Å². The number of ether oxygens (including phenoxy) is 1. The number of rotatable bonds is 11. The lowest BCUT2D eigenvalue weighted by atomic mass is 10.1. The van der Waals surface area contributed by atoms with Gasteiger partial charge in [-0.1, -0.05) is 60.7 Å². The van der Waals surface area contributed by atoms with Gasteiger partial charge in [0.05, 0.1) is 32.2 Å². The van der Waals surface area contributed by atoms with Crippen molar-refractivity contribution in [1.82, 2.24) is 19.1 Å². The second-order valence-corrected chi connectivity index (χ2v) is 10.9. The fourth-order valence-corrected chi connectivity index (χ4v) is 5.60. The summed E-state index contributed by atoms with van der Waals surface area (Å²) in [4.78, 5) is 31.9. The van der Waals surface area contributed by atoms with E-state index in [-0.39, 0.29) is 30.1 Å². The number of nitrogen functional groups attached to an aromatic ring is 1. The Morgan fingerprint density at radius 3 is 2.34 bits per heavy atom. The molecule has 218 valence electrons. The quantitative estimate of drug-likeness (QED) is 0.158. The van der Waals surface area contributed by atoms with Gasteiger partial charge in [0.25, 0.3) is 5.56 Å². The molecule has 1 fully saturated rings. The topological polar surface area (TPSA) is 204 Å². The van der Waals surface area contributed by atoms with Crippen molar-refractivity contribution in [2.45, 2.75) is 43.6 Å². The predicted octanol–water partition coefficient (Wildman–Crippen LogP) is 1.42. The highest BCUT2D eigenvalue weighted by Crippen LogP contribution is 2.49. The maximum atomic E-state index is 13.2. The van der Waals surface area contributed by atoms with Crippen LogP contribution in [-0.2, 0) is 24.9 Å². The van der Waals surface area contributed by atoms with E-state index < -0.39 is 57.2 Å². The SMILES string of the molecule is Nc1nc2c(ncn2[C@H]2C[C@H](OP(=O)(O)OCC(O)c3ccccc3)[C@@H](CO)O2)c(=O)n1CC(O)c1ccccc1. The van der Waals surface area contributed by atoms with Crippen LogP contribution in [0.4, 0.5) is 5.95 Å². The summed E-state index contributed by atoms with van der Waals surface area (Å²) in [5.41, 5.74) is 6.68. The van der Waals surface area contributed by atoms with Gasteiger partial charge < -0.3 is 30.7 Å². The van der Waals surface area contributed by atoms with Gasteiger partial charge in [-0.05, 0) is 11.1 Å². The van der Waals surface area contributed by atoms with E-state index in [1.54, 1.807) is 54.6 Å². The number of fused-ring (bicyclic) bond motifs is 1. The normalized spacial score (nSPS) is 22.0. The molecule has 1 aliphatic heterocycles. The van der Waals surface area contributed by atoms with Crippen molar-refractivity contribution in [2.24, 2.45) is 0 Å². The Bertz CT molecular complexity index is 1580. The number of hydrogen-bond acceptors (Lipinski definition) is 11. The van der Waals surface area contributed by atoms with E-state index in [9.17, 15) is 29.6 Å². The molecule has 0 bridgehead atoms. The number of hydrogen-bond donors (Lipinski definition) is 5. The molecule has 14 nitrogen and oxygen atoms in total. The zero-order valence-corrected chi connectivity index (χ0v) is 22.6. The summed E-state index contributed by atoms with van der Waals surface area (Å²) in [6.07, 6.45) is -3.86. The Morgan fingerprint density at radius 1 is 1.07 bits per heavy atom. The number of imidazole rings is 1. The number of anilines is 1. The molecule has 6 N–H and O–H groups in total. The third kappa shape index (κ3) is 6.40. The molecular weight excluding hydrogens is 557 g/mol. The summed E-state index contributed by atoms with van der Waals surface area (Å²) in [6.45, 7) is -1.18. The minimum absolute atomic E-state index is 0.0246. The van der Waals surface area contributed by atoms with E-state index >= 15 is 0 Å². The zero-order chi connectivity index (χ0) is 29.1. The lowest BCUT2D eigenvalue weighted by molar-refractivity contribution is -0.0448. The first-order valence-electron chi connectivity index (χ1n) is 12.8. The van der Waals surface area contributed by atoms with E-state index in [4.69, 9.17) is 19.5 Å². The van der Waals surface area contributed by atoms with Crippen LogP contribution in [0, 0.1) is 0 Å². The van der Waals surface area contributed by atoms with Gasteiger partial charge in [-0.25, -0.2) is 9.55 Å². The third-order valence-electron chi connectivity index (χ3n) is 6.77. The Hall–Kier alpha value is -3.46. The second-order valence-electron chi connectivity index (χ2n) is 9.52. The standard InChI is InChI=1S/C26H30N5O9P/c27-26-29-24-23(25(35)30(26)12-18(33)16-7-3-1-4-8-16)28-15-31(24)22-11-20(21(13-32)39-22)40-41(36,37)38-14-19(34)17-9-5-2-6-10-17/h1-10,15,18-22,32-34H,11-14H2,(H2,27,29)(H,36,37)/t18?,19?,20-,21+,22+/m0/s1. The van der Waals surface area contributed by atoms with Crippen LogP contribution in [0.5, 0.6) is 0 Å². The van der Waals surface area contributed by atoms with Crippen LogP contribution >= 0.6 is 7.82 Å². The molecule has 0 amide bonds. The lowest BCUT2D eigenvalue weighted by Gasteiger charge is -2.21. The van der Waals surface area contributed by atoms with Gasteiger partial charge in [-0.3, -0.25) is 23.0 Å². The molecule has 0 aliphatic carbocycles. The van der Waals surface area contributed by atoms with Crippen LogP contribution in [0.2, 0.25) is 0 Å². The average molecular weight is 588 g/mol. The molecule has 3 heterocycles. The molecule has 2 aromatic heterocycles. The van der Waals surface area contributed by atoms with Gasteiger partial charge in [-0.2, -0.15) is 4.98 Å². The molecule has 41 heavy (non-hydrogen) atoms. The molecule has 0 radical (unpaired) electrons. The van der Waals surface area contributed by atoms with Gasteiger partial charge in [-0.15, -0.1) is 0 Å².